The fourth-order valence-electron chi connectivity index (χ4n) is 5.93. The Bertz CT molecular complexity index is 1580. The van der Waals surface area contributed by atoms with Crippen LogP contribution in [0.2, 0.25) is 0 Å². The minimum atomic E-state index is -1.20. The van der Waals surface area contributed by atoms with Crippen molar-refractivity contribution in [3.63, 3.8) is 0 Å². The molecule has 0 radical (unpaired) electrons. The van der Waals surface area contributed by atoms with E-state index in [0.29, 0.717) is 24.6 Å². The van der Waals surface area contributed by atoms with Crippen molar-refractivity contribution >= 4 is 50.2 Å². The first-order valence-electron chi connectivity index (χ1n) is 11.8. The molecule has 7 rings (SSSR count). The molecule has 1 fully saturated rings. The van der Waals surface area contributed by atoms with Gasteiger partial charge in [0.15, 0.2) is 11.5 Å². The summed E-state index contributed by atoms with van der Waals surface area (Å²) in [7, 11) is 0. The molecule has 0 saturated carbocycles. The minimum absolute atomic E-state index is 0.239. The summed E-state index contributed by atoms with van der Waals surface area (Å²) < 4.78 is 5.87. The molecule has 3 aliphatic rings. The smallest absolute Gasteiger partial charge is 0.182 e. The highest BCUT2D eigenvalue weighted by molar-refractivity contribution is 6.47. The van der Waals surface area contributed by atoms with E-state index in [2.05, 4.69) is 65.4 Å². The van der Waals surface area contributed by atoms with Gasteiger partial charge in [0.2, 0.25) is 0 Å². The maximum absolute atomic E-state index is 10.2. The van der Waals surface area contributed by atoms with Gasteiger partial charge >= 0.3 is 0 Å². The lowest BCUT2D eigenvalue weighted by Gasteiger charge is -2.33. The van der Waals surface area contributed by atoms with Crippen LogP contribution in [-0.2, 0) is 10.4 Å². The number of aliphatic imine (C=N–C) groups is 3. The molecule has 0 amide bonds. The van der Waals surface area contributed by atoms with Crippen molar-refractivity contribution in [2.75, 3.05) is 13.3 Å². The van der Waals surface area contributed by atoms with Crippen LogP contribution < -0.4 is 5.73 Å². The molecule has 0 aliphatic carbocycles. The summed E-state index contributed by atoms with van der Waals surface area (Å²) >= 11 is 0. The van der Waals surface area contributed by atoms with Gasteiger partial charge in [-0.2, -0.15) is 0 Å². The number of hydrogen-bond acceptors (Lipinski definition) is 8. The first-order chi connectivity index (χ1) is 17.0. The quantitative estimate of drug-likeness (QED) is 0.401. The maximum Gasteiger partial charge on any atom is 0.182 e. The number of nitrogens with two attached hydrogens (primary N) is 1. The van der Waals surface area contributed by atoms with Crippen LogP contribution in [-0.4, -0.2) is 64.7 Å². The summed E-state index contributed by atoms with van der Waals surface area (Å²) in [5.74, 6) is 0.600. The lowest BCUT2D eigenvalue weighted by Crippen LogP contribution is -2.52. The molecular weight excluding hydrogens is 442 g/mol. The van der Waals surface area contributed by atoms with Gasteiger partial charge in [0.25, 0.3) is 0 Å². The van der Waals surface area contributed by atoms with Gasteiger partial charge in [-0.1, -0.05) is 42.5 Å². The standard InChI is InChI=1S/C27H25N5O3/c1-14-18-8-7-16-4-2-3-15-5-6-17(24(18)23(15)16)9-19(14)27(28)25-26(29-12-31-27)32(13-30-25)22-10-20(34)21(11-33)35-22/h2-9,12,20-22,33-34H,10-11,13,28H2,1H3/t20-,21+,22+,27?/m0/s1. The van der Waals surface area contributed by atoms with Crippen LogP contribution in [0, 0.1) is 6.92 Å². The number of aryl methyl sites for hydroxylation is 1. The highest BCUT2D eigenvalue weighted by atomic mass is 16.5. The van der Waals surface area contributed by atoms with E-state index in [1.54, 1.807) is 0 Å². The first-order valence-corrected chi connectivity index (χ1v) is 11.8. The van der Waals surface area contributed by atoms with Gasteiger partial charge in [-0.25, -0.2) is 9.98 Å². The number of amidine groups is 1. The number of aliphatic hydroxyl groups excluding tert-OH is 2. The van der Waals surface area contributed by atoms with Gasteiger partial charge < -0.3 is 19.8 Å². The third-order valence-electron chi connectivity index (χ3n) is 7.73. The van der Waals surface area contributed by atoms with Crippen LogP contribution >= 0.6 is 0 Å². The van der Waals surface area contributed by atoms with Crippen LogP contribution in [0.25, 0.3) is 32.3 Å². The highest BCUT2D eigenvalue weighted by Gasteiger charge is 2.47. The summed E-state index contributed by atoms with van der Waals surface area (Å²) in [5, 5.41) is 26.9. The number of hydrogen-bond donors (Lipinski definition) is 3. The van der Waals surface area contributed by atoms with Crippen molar-refractivity contribution in [2.24, 2.45) is 20.7 Å². The summed E-state index contributed by atoms with van der Waals surface area (Å²) in [5.41, 5.74) is 8.39. The van der Waals surface area contributed by atoms with E-state index in [9.17, 15) is 10.2 Å². The Morgan fingerprint density at radius 3 is 2.66 bits per heavy atom. The van der Waals surface area contributed by atoms with Gasteiger partial charge in [0.05, 0.1) is 12.7 Å². The normalized spacial score (nSPS) is 28.3. The van der Waals surface area contributed by atoms with Crippen LogP contribution in [0.15, 0.2) is 63.5 Å². The molecule has 1 saturated heterocycles. The summed E-state index contributed by atoms with van der Waals surface area (Å²) in [4.78, 5) is 15.8. The predicted molar refractivity (Wildman–Crippen MR) is 137 cm³/mol. The van der Waals surface area contributed by atoms with Crippen molar-refractivity contribution in [3.05, 3.63) is 59.7 Å². The van der Waals surface area contributed by atoms with E-state index in [-0.39, 0.29) is 6.61 Å². The molecule has 35 heavy (non-hydrogen) atoms. The SMILES string of the molecule is Cc1c(C2(N)N=CN=C3C2=NCN3[C@H]2C[C@H](O)[C@@H](CO)O2)cc2ccc3cccc4ccc1c2c34. The molecular formula is C27H25N5O3. The molecule has 3 aliphatic heterocycles. The maximum atomic E-state index is 10.2. The van der Waals surface area contributed by atoms with Crippen LogP contribution in [0.5, 0.6) is 0 Å². The second kappa shape index (κ2) is 7.29. The number of nitrogens with zero attached hydrogens (tertiary/aromatic N) is 4. The topological polar surface area (TPSA) is 116 Å². The van der Waals surface area contributed by atoms with E-state index in [0.717, 1.165) is 21.9 Å². The molecule has 0 spiro atoms. The Kier molecular flexibility index (Phi) is 4.35. The zero-order chi connectivity index (χ0) is 23.9. The number of aliphatic hydroxyl groups is 2. The molecule has 4 atom stereocenters. The monoisotopic (exact) mass is 467 g/mol. The molecule has 3 heterocycles. The van der Waals surface area contributed by atoms with Gasteiger partial charge in [-0.15, -0.1) is 0 Å². The second-order valence-electron chi connectivity index (χ2n) is 9.60. The summed E-state index contributed by atoms with van der Waals surface area (Å²) in [6.07, 6.45) is 0.0554. The Balaban J connectivity index is 1.35. The number of ether oxygens (including phenoxy) is 1. The zero-order valence-electron chi connectivity index (χ0n) is 19.2. The third-order valence-corrected chi connectivity index (χ3v) is 7.73. The molecule has 0 aromatic heterocycles. The van der Waals surface area contributed by atoms with E-state index in [1.807, 2.05) is 4.90 Å². The number of rotatable bonds is 3. The fraction of sp³-hybridized carbons (Fsp3) is 0.296. The molecule has 0 bridgehead atoms. The molecule has 176 valence electrons. The van der Waals surface area contributed by atoms with Gasteiger partial charge in [0, 0.05) is 12.0 Å². The van der Waals surface area contributed by atoms with Crippen molar-refractivity contribution in [1.29, 1.82) is 0 Å². The summed E-state index contributed by atoms with van der Waals surface area (Å²) in [6.45, 7) is 2.16. The van der Waals surface area contributed by atoms with Gasteiger partial charge in [0.1, 0.15) is 31.1 Å². The molecule has 4 N–H and O–H groups in total. The highest BCUT2D eigenvalue weighted by Crippen LogP contribution is 2.41. The second-order valence-corrected chi connectivity index (χ2v) is 9.60. The molecule has 8 nitrogen and oxygen atoms in total. The molecule has 8 heteroatoms. The van der Waals surface area contributed by atoms with Crippen molar-refractivity contribution in [1.82, 2.24) is 4.90 Å². The van der Waals surface area contributed by atoms with E-state index < -0.39 is 24.1 Å². The number of benzene rings is 4. The lowest BCUT2D eigenvalue weighted by atomic mass is 9.84. The Hall–Kier alpha value is -3.43. The molecule has 4 aromatic rings. The lowest BCUT2D eigenvalue weighted by molar-refractivity contribution is -0.0560. The predicted octanol–water partition coefficient (Wildman–Crippen LogP) is 2.63. The van der Waals surface area contributed by atoms with Crippen LogP contribution in [0.4, 0.5) is 0 Å². The van der Waals surface area contributed by atoms with Gasteiger partial charge in [-0.05, 0) is 50.9 Å². The number of fused-ring (bicyclic) bond motifs is 1. The first kappa shape index (κ1) is 20.9. The summed E-state index contributed by atoms with van der Waals surface area (Å²) in [6, 6.07) is 17.1. The van der Waals surface area contributed by atoms with Crippen LogP contribution in [0.3, 0.4) is 0 Å². The Morgan fingerprint density at radius 2 is 1.89 bits per heavy atom. The Morgan fingerprint density at radius 1 is 1.11 bits per heavy atom. The Labute approximate surface area is 201 Å². The van der Waals surface area contributed by atoms with Gasteiger partial charge in [-0.3, -0.25) is 10.7 Å². The van der Waals surface area contributed by atoms with E-state index in [1.165, 1.54) is 27.9 Å². The van der Waals surface area contributed by atoms with Crippen molar-refractivity contribution < 1.29 is 14.9 Å². The van der Waals surface area contributed by atoms with Crippen molar-refractivity contribution in [3.8, 4) is 0 Å². The van der Waals surface area contributed by atoms with E-state index >= 15 is 0 Å². The zero-order valence-corrected chi connectivity index (χ0v) is 19.2. The average Bonchev–Trinajstić information content (AvgIpc) is 3.47. The van der Waals surface area contributed by atoms with Crippen molar-refractivity contribution in [2.45, 2.75) is 37.4 Å². The fourth-order valence-corrected chi connectivity index (χ4v) is 5.93. The van der Waals surface area contributed by atoms with E-state index in [4.69, 9.17) is 15.5 Å². The average molecular weight is 468 g/mol. The van der Waals surface area contributed by atoms with Crippen LogP contribution in [0.1, 0.15) is 17.5 Å². The third kappa shape index (κ3) is 2.79. The molecule has 4 aromatic carbocycles. The largest absolute Gasteiger partial charge is 0.394 e. The minimum Gasteiger partial charge on any atom is -0.394 e. The molecule has 1 unspecified atom stereocenters.